The average Bonchev–Trinajstić information content (AvgIpc) is 3.24. The van der Waals surface area contributed by atoms with E-state index in [0.717, 1.165) is 22.4 Å². The van der Waals surface area contributed by atoms with Gasteiger partial charge in [-0.05, 0) is 73.9 Å². The molecule has 1 heterocycles. The van der Waals surface area contributed by atoms with E-state index in [2.05, 4.69) is 0 Å². The van der Waals surface area contributed by atoms with Crippen molar-refractivity contribution < 1.29 is 18.7 Å². The number of benzene rings is 2. The predicted molar refractivity (Wildman–Crippen MR) is 117 cm³/mol. The SMILES string of the molecule is COc1ccc(CN(Cc2ccco2)C(=O)[C@@H](C)Oc2cc(C)c(Cl)c(C)c2)cc1. The van der Waals surface area contributed by atoms with E-state index in [1.165, 1.54) is 0 Å². The predicted octanol–water partition coefficient (Wildman–Crippen LogP) is 5.55. The van der Waals surface area contributed by atoms with Crippen molar-refractivity contribution in [3.63, 3.8) is 0 Å². The third kappa shape index (κ3) is 5.36. The zero-order chi connectivity index (χ0) is 21.7. The van der Waals surface area contributed by atoms with Gasteiger partial charge in [0.2, 0.25) is 0 Å². The van der Waals surface area contributed by atoms with E-state index in [0.29, 0.717) is 29.6 Å². The second-order valence-electron chi connectivity index (χ2n) is 7.25. The molecular weight excluding hydrogens is 402 g/mol. The summed E-state index contributed by atoms with van der Waals surface area (Å²) in [4.78, 5) is 15.0. The molecular formula is C24H26ClNO4. The van der Waals surface area contributed by atoms with Gasteiger partial charge in [0.25, 0.3) is 5.91 Å². The number of carbonyl (C=O) groups excluding carboxylic acids is 1. The van der Waals surface area contributed by atoms with Crippen molar-refractivity contribution in [2.75, 3.05) is 7.11 Å². The molecule has 1 atom stereocenters. The normalized spacial score (nSPS) is 11.8. The quantitative estimate of drug-likeness (QED) is 0.472. The van der Waals surface area contributed by atoms with Gasteiger partial charge in [-0.15, -0.1) is 0 Å². The fourth-order valence-corrected chi connectivity index (χ4v) is 3.35. The Hall–Kier alpha value is -2.92. The number of nitrogens with zero attached hydrogens (tertiary/aromatic N) is 1. The molecule has 1 amide bonds. The first kappa shape index (κ1) is 21.8. The van der Waals surface area contributed by atoms with Crippen LogP contribution in [0, 0.1) is 13.8 Å². The highest BCUT2D eigenvalue weighted by atomic mass is 35.5. The molecule has 1 aromatic heterocycles. The van der Waals surface area contributed by atoms with Crippen molar-refractivity contribution >= 4 is 17.5 Å². The van der Waals surface area contributed by atoms with E-state index < -0.39 is 6.10 Å². The summed E-state index contributed by atoms with van der Waals surface area (Å²) in [5.74, 6) is 1.97. The van der Waals surface area contributed by atoms with Crippen molar-refractivity contribution in [1.82, 2.24) is 4.90 Å². The van der Waals surface area contributed by atoms with Crippen LogP contribution in [-0.4, -0.2) is 24.0 Å². The number of furan rings is 1. The minimum Gasteiger partial charge on any atom is -0.497 e. The second kappa shape index (κ2) is 9.72. The molecule has 0 radical (unpaired) electrons. The fourth-order valence-electron chi connectivity index (χ4n) is 3.24. The van der Waals surface area contributed by atoms with Gasteiger partial charge < -0.3 is 18.8 Å². The number of aryl methyl sites for hydroxylation is 2. The van der Waals surface area contributed by atoms with Crippen LogP contribution in [0.1, 0.15) is 29.4 Å². The first-order valence-corrected chi connectivity index (χ1v) is 10.1. The molecule has 0 fully saturated rings. The maximum atomic E-state index is 13.2. The van der Waals surface area contributed by atoms with Crippen LogP contribution in [0.2, 0.25) is 5.02 Å². The molecule has 0 saturated carbocycles. The Bertz CT molecular complexity index is 960. The molecule has 0 aliphatic rings. The molecule has 3 aromatic rings. The van der Waals surface area contributed by atoms with Crippen molar-refractivity contribution in [2.45, 2.75) is 40.0 Å². The molecule has 0 aliphatic heterocycles. The summed E-state index contributed by atoms with van der Waals surface area (Å²) in [7, 11) is 1.63. The van der Waals surface area contributed by atoms with Gasteiger partial charge in [0.05, 0.1) is 19.9 Å². The molecule has 158 valence electrons. The lowest BCUT2D eigenvalue weighted by molar-refractivity contribution is -0.139. The van der Waals surface area contributed by atoms with Gasteiger partial charge >= 0.3 is 0 Å². The molecule has 0 bridgehead atoms. The van der Waals surface area contributed by atoms with E-state index in [1.54, 1.807) is 25.2 Å². The number of hydrogen-bond acceptors (Lipinski definition) is 4. The van der Waals surface area contributed by atoms with Crippen molar-refractivity contribution in [2.24, 2.45) is 0 Å². The van der Waals surface area contributed by atoms with Crippen LogP contribution < -0.4 is 9.47 Å². The zero-order valence-corrected chi connectivity index (χ0v) is 18.4. The van der Waals surface area contributed by atoms with Crippen LogP contribution in [0.4, 0.5) is 0 Å². The molecule has 0 spiro atoms. The number of carbonyl (C=O) groups is 1. The van der Waals surface area contributed by atoms with Crippen LogP contribution in [0.15, 0.2) is 59.2 Å². The van der Waals surface area contributed by atoms with Gasteiger partial charge in [0, 0.05) is 11.6 Å². The Labute approximate surface area is 182 Å². The van der Waals surface area contributed by atoms with Crippen molar-refractivity contribution in [1.29, 1.82) is 0 Å². The second-order valence-corrected chi connectivity index (χ2v) is 7.63. The molecule has 0 aliphatic carbocycles. The van der Waals surface area contributed by atoms with Crippen LogP contribution in [0.3, 0.4) is 0 Å². The van der Waals surface area contributed by atoms with Gasteiger partial charge in [0.1, 0.15) is 17.3 Å². The number of halogens is 1. The highest BCUT2D eigenvalue weighted by Gasteiger charge is 2.24. The topological polar surface area (TPSA) is 51.9 Å². The maximum absolute atomic E-state index is 13.2. The summed E-state index contributed by atoms with van der Waals surface area (Å²) in [5.41, 5.74) is 2.81. The first-order valence-electron chi connectivity index (χ1n) is 9.75. The molecule has 0 unspecified atom stereocenters. The third-order valence-corrected chi connectivity index (χ3v) is 5.44. The lowest BCUT2D eigenvalue weighted by Crippen LogP contribution is -2.39. The molecule has 6 heteroatoms. The third-order valence-electron chi connectivity index (χ3n) is 4.84. The first-order chi connectivity index (χ1) is 14.4. The summed E-state index contributed by atoms with van der Waals surface area (Å²) in [6.07, 6.45) is 0.933. The Morgan fingerprint density at radius 1 is 1.07 bits per heavy atom. The Morgan fingerprint density at radius 2 is 1.73 bits per heavy atom. The van der Waals surface area contributed by atoms with Crippen LogP contribution in [-0.2, 0) is 17.9 Å². The van der Waals surface area contributed by atoms with E-state index >= 15 is 0 Å². The van der Waals surface area contributed by atoms with E-state index in [9.17, 15) is 4.79 Å². The average molecular weight is 428 g/mol. The standard InChI is InChI=1S/C24H26ClNO4/c1-16-12-22(13-17(2)23(16)25)30-18(3)24(27)26(15-21-6-5-11-29-21)14-19-7-9-20(28-4)10-8-19/h5-13,18H,14-15H2,1-4H3/t18-/m1/s1. The Morgan fingerprint density at radius 3 is 2.30 bits per heavy atom. The molecule has 30 heavy (non-hydrogen) atoms. The molecule has 2 aromatic carbocycles. The van der Waals surface area contributed by atoms with Gasteiger partial charge in [-0.2, -0.15) is 0 Å². The lowest BCUT2D eigenvalue weighted by Gasteiger charge is -2.26. The van der Waals surface area contributed by atoms with E-state index in [1.807, 2.05) is 62.4 Å². The van der Waals surface area contributed by atoms with E-state index in [-0.39, 0.29) is 5.91 Å². The largest absolute Gasteiger partial charge is 0.497 e. The van der Waals surface area contributed by atoms with Crippen LogP contribution in [0.25, 0.3) is 0 Å². The highest BCUT2D eigenvalue weighted by Crippen LogP contribution is 2.27. The maximum Gasteiger partial charge on any atom is 0.264 e. The lowest BCUT2D eigenvalue weighted by atomic mass is 10.1. The van der Waals surface area contributed by atoms with Gasteiger partial charge in [-0.25, -0.2) is 0 Å². The molecule has 3 rings (SSSR count). The minimum atomic E-state index is -0.668. The highest BCUT2D eigenvalue weighted by molar-refractivity contribution is 6.32. The summed E-state index contributed by atoms with van der Waals surface area (Å²) in [5, 5.41) is 0.709. The van der Waals surface area contributed by atoms with Gasteiger partial charge in [-0.1, -0.05) is 23.7 Å². The smallest absolute Gasteiger partial charge is 0.264 e. The monoisotopic (exact) mass is 427 g/mol. The number of rotatable bonds is 8. The minimum absolute atomic E-state index is 0.132. The molecule has 0 N–H and O–H groups in total. The Kier molecular flexibility index (Phi) is 7.06. The van der Waals surface area contributed by atoms with Crippen LogP contribution >= 0.6 is 11.6 Å². The Balaban J connectivity index is 1.77. The number of methoxy groups -OCH3 is 1. The number of ether oxygens (including phenoxy) is 2. The van der Waals surface area contributed by atoms with Gasteiger partial charge in [0.15, 0.2) is 6.10 Å². The summed E-state index contributed by atoms with van der Waals surface area (Å²) in [6.45, 7) is 6.37. The molecule has 5 nitrogen and oxygen atoms in total. The molecule has 0 saturated heterocycles. The fraction of sp³-hybridized carbons (Fsp3) is 0.292. The summed E-state index contributed by atoms with van der Waals surface area (Å²) >= 11 is 6.24. The van der Waals surface area contributed by atoms with Crippen molar-refractivity contribution in [3.05, 3.63) is 82.3 Å². The number of hydrogen-bond donors (Lipinski definition) is 0. The number of amides is 1. The van der Waals surface area contributed by atoms with Crippen molar-refractivity contribution in [3.8, 4) is 11.5 Å². The summed E-state index contributed by atoms with van der Waals surface area (Å²) in [6, 6.07) is 15.0. The van der Waals surface area contributed by atoms with Crippen LogP contribution in [0.5, 0.6) is 11.5 Å². The van der Waals surface area contributed by atoms with Gasteiger partial charge in [-0.3, -0.25) is 4.79 Å². The summed E-state index contributed by atoms with van der Waals surface area (Å²) < 4.78 is 16.6. The van der Waals surface area contributed by atoms with E-state index in [4.69, 9.17) is 25.5 Å². The zero-order valence-electron chi connectivity index (χ0n) is 17.6.